The van der Waals surface area contributed by atoms with E-state index in [0.717, 1.165) is 48.6 Å². The normalized spacial score (nSPS) is 24.5. The van der Waals surface area contributed by atoms with Gasteiger partial charge in [0.2, 0.25) is 0 Å². The highest BCUT2D eigenvalue weighted by Crippen LogP contribution is 2.39. The number of imidazole rings is 1. The number of aromatic amines is 1. The third kappa shape index (κ3) is 1.97. The minimum atomic E-state index is 0.385. The van der Waals surface area contributed by atoms with E-state index >= 15 is 0 Å². The van der Waals surface area contributed by atoms with Gasteiger partial charge in [0.05, 0.1) is 5.69 Å². The number of nitrogens with two attached hydrogens (primary N) is 1. The molecule has 1 saturated carbocycles. The summed E-state index contributed by atoms with van der Waals surface area (Å²) < 4.78 is 0. The van der Waals surface area contributed by atoms with Gasteiger partial charge < -0.3 is 10.7 Å². The molecule has 1 heterocycles. The molecule has 20 heavy (non-hydrogen) atoms. The first-order valence-electron chi connectivity index (χ1n) is 7.34. The molecule has 4 heteroatoms. The van der Waals surface area contributed by atoms with Crippen LogP contribution < -0.4 is 5.73 Å². The first-order valence-corrected chi connectivity index (χ1v) is 7.71. The van der Waals surface area contributed by atoms with Crippen molar-refractivity contribution in [2.24, 2.45) is 5.73 Å². The Morgan fingerprint density at radius 1 is 1.20 bits per heavy atom. The number of halogens is 1. The lowest BCUT2D eigenvalue weighted by Gasteiger charge is -2.24. The molecule has 0 bridgehead atoms. The SMILES string of the molecule is NC1CCC(c2nc3c([nH]2)Cc2cc(Cl)ccc2-3)CC1. The standard InChI is InChI=1S/C16H18ClN3/c17-11-3-6-13-10(7-11)8-14-15(13)20-16(19-14)9-1-4-12(18)5-2-9/h3,6-7,9,12H,1-2,4-5,8,18H2,(H,19,20). The zero-order valence-electron chi connectivity index (χ0n) is 11.3. The van der Waals surface area contributed by atoms with Gasteiger partial charge in [0.25, 0.3) is 0 Å². The molecule has 2 aromatic rings. The number of aromatic nitrogens is 2. The van der Waals surface area contributed by atoms with Gasteiger partial charge in [0, 0.05) is 34.7 Å². The van der Waals surface area contributed by atoms with E-state index in [1.54, 1.807) is 0 Å². The maximum atomic E-state index is 6.06. The molecule has 0 saturated heterocycles. The van der Waals surface area contributed by atoms with Gasteiger partial charge in [-0.2, -0.15) is 0 Å². The van der Waals surface area contributed by atoms with E-state index < -0.39 is 0 Å². The van der Waals surface area contributed by atoms with Crippen molar-refractivity contribution in [2.45, 2.75) is 44.1 Å². The van der Waals surface area contributed by atoms with Gasteiger partial charge in [-0.15, -0.1) is 0 Å². The van der Waals surface area contributed by atoms with Crippen LogP contribution in [-0.2, 0) is 6.42 Å². The fourth-order valence-electron chi connectivity index (χ4n) is 3.50. The van der Waals surface area contributed by atoms with E-state index in [1.165, 1.54) is 16.8 Å². The summed E-state index contributed by atoms with van der Waals surface area (Å²) >= 11 is 6.06. The van der Waals surface area contributed by atoms with E-state index in [1.807, 2.05) is 12.1 Å². The highest BCUT2D eigenvalue weighted by molar-refractivity contribution is 6.30. The first-order chi connectivity index (χ1) is 9.70. The second kappa shape index (κ2) is 4.61. The maximum absolute atomic E-state index is 6.06. The number of hydrogen-bond donors (Lipinski definition) is 2. The van der Waals surface area contributed by atoms with Gasteiger partial charge in [-0.3, -0.25) is 0 Å². The molecule has 0 unspecified atom stereocenters. The lowest BCUT2D eigenvalue weighted by atomic mass is 9.86. The average molecular weight is 288 g/mol. The molecular weight excluding hydrogens is 270 g/mol. The third-order valence-electron chi connectivity index (χ3n) is 4.65. The number of nitrogens with zero attached hydrogens (tertiary/aromatic N) is 1. The molecule has 3 N–H and O–H groups in total. The maximum Gasteiger partial charge on any atom is 0.110 e. The molecule has 2 aliphatic rings. The van der Waals surface area contributed by atoms with Crippen LogP contribution in [0.4, 0.5) is 0 Å². The molecule has 1 aromatic carbocycles. The monoisotopic (exact) mass is 287 g/mol. The van der Waals surface area contributed by atoms with E-state index in [9.17, 15) is 0 Å². The zero-order chi connectivity index (χ0) is 13.7. The van der Waals surface area contributed by atoms with Crippen molar-refractivity contribution in [2.75, 3.05) is 0 Å². The Balaban J connectivity index is 1.65. The largest absolute Gasteiger partial charge is 0.345 e. The Morgan fingerprint density at radius 3 is 2.80 bits per heavy atom. The summed E-state index contributed by atoms with van der Waals surface area (Å²) in [6.45, 7) is 0. The van der Waals surface area contributed by atoms with Crippen LogP contribution in [0.2, 0.25) is 5.02 Å². The summed E-state index contributed by atoms with van der Waals surface area (Å²) in [4.78, 5) is 8.42. The minimum Gasteiger partial charge on any atom is -0.345 e. The lowest BCUT2D eigenvalue weighted by molar-refractivity contribution is 0.386. The topological polar surface area (TPSA) is 54.7 Å². The summed E-state index contributed by atoms with van der Waals surface area (Å²) in [5.41, 5.74) is 10.9. The van der Waals surface area contributed by atoms with Crippen LogP contribution >= 0.6 is 11.6 Å². The number of hydrogen-bond acceptors (Lipinski definition) is 2. The summed E-state index contributed by atoms with van der Waals surface area (Å²) in [6.07, 6.45) is 5.46. The predicted molar refractivity (Wildman–Crippen MR) is 81.0 cm³/mol. The van der Waals surface area contributed by atoms with Crippen LogP contribution in [0, 0.1) is 0 Å². The first kappa shape index (κ1) is 12.4. The summed E-state index contributed by atoms with van der Waals surface area (Å²) in [6, 6.07) is 6.47. The second-order valence-electron chi connectivity index (χ2n) is 6.04. The number of rotatable bonds is 1. The Bertz CT molecular complexity index is 654. The molecule has 0 spiro atoms. The van der Waals surface area contributed by atoms with Gasteiger partial charge in [-0.25, -0.2) is 4.98 Å². The molecule has 1 fully saturated rings. The molecule has 0 radical (unpaired) electrons. The number of H-pyrrole nitrogens is 1. The lowest BCUT2D eigenvalue weighted by Crippen LogP contribution is -2.26. The molecule has 4 rings (SSSR count). The molecule has 0 atom stereocenters. The van der Waals surface area contributed by atoms with Crippen molar-refractivity contribution >= 4 is 11.6 Å². The second-order valence-corrected chi connectivity index (χ2v) is 6.48. The summed E-state index contributed by atoms with van der Waals surface area (Å²) in [7, 11) is 0. The average Bonchev–Trinajstić information content (AvgIpc) is 2.96. The van der Waals surface area contributed by atoms with Crippen molar-refractivity contribution in [3.63, 3.8) is 0 Å². The Morgan fingerprint density at radius 2 is 2.00 bits per heavy atom. The van der Waals surface area contributed by atoms with Crippen LogP contribution in [0.25, 0.3) is 11.3 Å². The van der Waals surface area contributed by atoms with E-state index in [-0.39, 0.29) is 0 Å². The number of benzene rings is 1. The summed E-state index contributed by atoms with van der Waals surface area (Å²) in [5, 5.41) is 0.801. The third-order valence-corrected chi connectivity index (χ3v) is 4.88. The zero-order valence-corrected chi connectivity index (χ0v) is 12.1. The van der Waals surface area contributed by atoms with E-state index in [0.29, 0.717) is 12.0 Å². The fraction of sp³-hybridized carbons (Fsp3) is 0.438. The van der Waals surface area contributed by atoms with E-state index in [4.69, 9.17) is 22.3 Å². The Hall–Kier alpha value is -1.32. The van der Waals surface area contributed by atoms with Gasteiger partial charge in [0.15, 0.2) is 0 Å². The van der Waals surface area contributed by atoms with Crippen molar-refractivity contribution in [3.8, 4) is 11.3 Å². The molecular formula is C16H18ClN3. The molecule has 0 amide bonds. The fourth-order valence-corrected chi connectivity index (χ4v) is 3.69. The predicted octanol–water partition coefficient (Wildman–Crippen LogP) is 3.62. The molecule has 2 aliphatic carbocycles. The van der Waals surface area contributed by atoms with Crippen molar-refractivity contribution < 1.29 is 0 Å². The molecule has 104 valence electrons. The van der Waals surface area contributed by atoms with Gasteiger partial charge in [-0.1, -0.05) is 17.7 Å². The summed E-state index contributed by atoms with van der Waals surface area (Å²) in [5.74, 6) is 1.71. The highest BCUT2D eigenvalue weighted by Gasteiger charge is 2.27. The quantitative estimate of drug-likeness (QED) is 0.718. The van der Waals surface area contributed by atoms with Crippen LogP contribution in [0.3, 0.4) is 0 Å². The van der Waals surface area contributed by atoms with Gasteiger partial charge in [-0.05, 0) is 43.4 Å². The minimum absolute atomic E-state index is 0.385. The Kier molecular flexibility index (Phi) is 2.86. The van der Waals surface area contributed by atoms with Crippen LogP contribution in [-0.4, -0.2) is 16.0 Å². The smallest absolute Gasteiger partial charge is 0.110 e. The van der Waals surface area contributed by atoms with Crippen LogP contribution in [0.5, 0.6) is 0 Å². The Labute approximate surface area is 123 Å². The van der Waals surface area contributed by atoms with Crippen molar-refractivity contribution in [3.05, 3.63) is 40.3 Å². The van der Waals surface area contributed by atoms with Gasteiger partial charge in [0.1, 0.15) is 5.82 Å². The molecule has 3 nitrogen and oxygen atoms in total. The van der Waals surface area contributed by atoms with Crippen molar-refractivity contribution in [1.82, 2.24) is 9.97 Å². The highest BCUT2D eigenvalue weighted by atomic mass is 35.5. The van der Waals surface area contributed by atoms with Gasteiger partial charge >= 0.3 is 0 Å². The van der Waals surface area contributed by atoms with Crippen LogP contribution in [0.15, 0.2) is 18.2 Å². The molecule has 0 aliphatic heterocycles. The van der Waals surface area contributed by atoms with Crippen LogP contribution in [0.1, 0.15) is 48.7 Å². The number of fused-ring (bicyclic) bond motifs is 3. The number of nitrogens with one attached hydrogen (secondary N) is 1. The van der Waals surface area contributed by atoms with Crippen molar-refractivity contribution in [1.29, 1.82) is 0 Å². The van der Waals surface area contributed by atoms with E-state index in [2.05, 4.69) is 11.1 Å². The molecule has 1 aromatic heterocycles.